The van der Waals surface area contributed by atoms with Crippen LogP contribution in [-0.2, 0) is 16.1 Å². The Hall–Kier alpha value is -1.78. The van der Waals surface area contributed by atoms with E-state index < -0.39 is 0 Å². The normalized spacial score (nSPS) is 26.3. The van der Waals surface area contributed by atoms with Crippen molar-refractivity contribution >= 4 is 11.8 Å². The summed E-state index contributed by atoms with van der Waals surface area (Å²) >= 11 is 0. The molecule has 0 radical (unpaired) electrons. The Morgan fingerprint density at radius 2 is 2.23 bits per heavy atom. The van der Waals surface area contributed by atoms with Crippen LogP contribution in [0.1, 0.15) is 38.4 Å². The van der Waals surface area contributed by atoms with Gasteiger partial charge in [0.25, 0.3) is 0 Å². The summed E-state index contributed by atoms with van der Waals surface area (Å²) in [5.41, 5.74) is 0. The molecule has 1 aromatic rings. The van der Waals surface area contributed by atoms with E-state index in [9.17, 15) is 9.59 Å². The number of furan rings is 1. The van der Waals surface area contributed by atoms with Gasteiger partial charge in [-0.15, -0.1) is 0 Å². The maximum Gasteiger partial charge on any atom is 0.227 e. The highest BCUT2D eigenvalue weighted by atomic mass is 16.3. The van der Waals surface area contributed by atoms with Crippen LogP contribution in [0.25, 0.3) is 0 Å². The molecule has 0 N–H and O–H groups in total. The van der Waals surface area contributed by atoms with Gasteiger partial charge in [0.2, 0.25) is 11.8 Å². The van der Waals surface area contributed by atoms with Crippen molar-refractivity contribution in [3.8, 4) is 0 Å². The lowest BCUT2D eigenvalue weighted by atomic mass is 10.0. The van der Waals surface area contributed by atoms with Gasteiger partial charge in [-0.3, -0.25) is 9.59 Å². The van der Waals surface area contributed by atoms with Gasteiger partial charge >= 0.3 is 0 Å². The summed E-state index contributed by atoms with van der Waals surface area (Å²) in [4.78, 5) is 28.5. The second-order valence-corrected chi connectivity index (χ2v) is 6.62. The summed E-state index contributed by atoms with van der Waals surface area (Å²) in [6.07, 6.45) is 5.28. The average Bonchev–Trinajstić information content (AvgIpc) is 3.07. The van der Waals surface area contributed by atoms with Crippen LogP contribution in [0.2, 0.25) is 0 Å². The standard InChI is InChI=1S/C17H24N2O3/c1-13-4-2-7-18(8-6-13)17(21)14-10-16(20)19(11-14)12-15-5-3-9-22-15/h3,5,9,13-14H,2,4,6-8,10-12H2,1H3. The second kappa shape index (κ2) is 6.55. The van der Waals surface area contributed by atoms with Gasteiger partial charge in [0, 0.05) is 26.1 Å². The number of amides is 2. The molecule has 2 saturated heterocycles. The molecule has 2 atom stereocenters. The third-order valence-corrected chi connectivity index (χ3v) is 4.82. The van der Waals surface area contributed by atoms with Gasteiger partial charge in [-0.1, -0.05) is 6.92 Å². The minimum atomic E-state index is -0.184. The molecular weight excluding hydrogens is 280 g/mol. The second-order valence-electron chi connectivity index (χ2n) is 6.62. The summed E-state index contributed by atoms with van der Waals surface area (Å²) < 4.78 is 5.29. The zero-order chi connectivity index (χ0) is 15.5. The van der Waals surface area contributed by atoms with Crippen LogP contribution in [0.3, 0.4) is 0 Å². The number of rotatable bonds is 3. The van der Waals surface area contributed by atoms with Crippen LogP contribution in [-0.4, -0.2) is 41.2 Å². The predicted octanol–water partition coefficient (Wildman–Crippen LogP) is 2.28. The molecular formula is C17H24N2O3. The quantitative estimate of drug-likeness (QED) is 0.861. The number of hydrogen-bond acceptors (Lipinski definition) is 3. The van der Waals surface area contributed by atoms with E-state index in [4.69, 9.17) is 4.42 Å². The van der Waals surface area contributed by atoms with Crippen molar-refractivity contribution in [2.75, 3.05) is 19.6 Å². The van der Waals surface area contributed by atoms with E-state index in [1.54, 1.807) is 11.2 Å². The van der Waals surface area contributed by atoms with Crippen LogP contribution < -0.4 is 0 Å². The van der Waals surface area contributed by atoms with E-state index >= 15 is 0 Å². The first-order chi connectivity index (χ1) is 10.6. The summed E-state index contributed by atoms with van der Waals surface area (Å²) in [5, 5.41) is 0. The third kappa shape index (κ3) is 3.34. The van der Waals surface area contributed by atoms with E-state index in [-0.39, 0.29) is 17.7 Å². The molecule has 22 heavy (non-hydrogen) atoms. The van der Waals surface area contributed by atoms with Crippen molar-refractivity contribution in [3.05, 3.63) is 24.2 Å². The van der Waals surface area contributed by atoms with Gasteiger partial charge in [-0.25, -0.2) is 0 Å². The first-order valence-electron chi connectivity index (χ1n) is 8.22. The van der Waals surface area contributed by atoms with Crippen LogP contribution >= 0.6 is 0 Å². The summed E-state index contributed by atoms with van der Waals surface area (Å²) in [5.74, 6) is 1.49. The highest BCUT2D eigenvalue weighted by Crippen LogP contribution is 2.24. The van der Waals surface area contributed by atoms with Gasteiger partial charge in [-0.05, 0) is 37.3 Å². The molecule has 5 heteroatoms. The molecule has 2 amide bonds. The molecule has 0 bridgehead atoms. The molecule has 2 aliphatic rings. The van der Waals surface area contributed by atoms with Crippen molar-refractivity contribution in [2.24, 2.45) is 11.8 Å². The Labute approximate surface area is 131 Å². The van der Waals surface area contributed by atoms with Crippen molar-refractivity contribution in [3.63, 3.8) is 0 Å². The highest BCUT2D eigenvalue weighted by Gasteiger charge is 2.37. The first-order valence-corrected chi connectivity index (χ1v) is 8.22. The fourth-order valence-electron chi connectivity index (χ4n) is 3.42. The summed E-state index contributed by atoms with van der Waals surface area (Å²) in [6, 6.07) is 3.68. The fourth-order valence-corrected chi connectivity index (χ4v) is 3.42. The lowest BCUT2D eigenvalue weighted by molar-refractivity contribution is -0.135. The molecule has 0 aromatic carbocycles. The van der Waals surface area contributed by atoms with Gasteiger partial charge in [0.1, 0.15) is 5.76 Å². The summed E-state index contributed by atoms with van der Waals surface area (Å²) in [7, 11) is 0. The number of likely N-dealkylation sites (tertiary alicyclic amines) is 2. The monoisotopic (exact) mass is 304 g/mol. The molecule has 0 aliphatic carbocycles. The maximum atomic E-state index is 12.7. The Balaban J connectivity index is 1.58. The molecule has 0 saturated carbocycles. The van der Waals surface area contributed by atoms with E-state index in [0.29, 0.717) is 25.4 Å². The van der Waals surface area contributed by atoms with Gasteiger partial charge in [-0.2, -0.15) is 0 Å². The minimum absolute atomic E-state index is 0.0536. The fraction of sp³-hybridized carbons (Fsp3) is 0.647. The number of carbonyl (C=O) groups excluding carboxylic acids is 2. The maximum absolute atomic E-state index is 12.7. The molecule has 2 fully saturated rings. The highest BCUT2D eigenvalue weighted by molar-refractivity contribution is 5.89. The Bertz CT molecular complexity index is 526. The molecule has 120 valence electrons. The SMILES string of the molecule is CC1CCCN(C(=O)C2CC(=O)N(Cc3ccco3)C2)CC1. The van der Waals surface area contributed by atoms with Crippen LogP contribution in [0.4, 0.5) is 0 Å². The van der Waals surface area contributed by atoms with Crippen molar-refractivity contribution < 1.29 is 14.0 Å². The topological polar surface area (TPSA) is 53.8 Å². The average molecular weight is 304 g/mol. The molecule has 0 spiro atoms. The third-order valence-electron chi connectivity index (χ3n) is 4.82. The van der Waals surface area contributed by atoms with Crippen molar-refractivity contribution in [1.82, 2.24) is 9.80 Å². The molecule has 3 rings (SSSR count). The first kappa shape index (κ1) is 15.1. The van der Waals surface area contributed by atoms with Crippen LogP contribution in [0.15, 0.2) is 22.8 Å². The zero-order valence-corrected chi connectivity index (χ0v) is 13.2. The van der Waals surface area contributed by atoms with Crippen molar-refractivity contribution in [2.45, 2.75) is 39.2 Å². The lowest BCUT2D eigenvalue weighted by Crippen LogP contribution is -2.38. The Kier molecular flexibility index (Phi) is 4.50. The van der Waals surface area contributed by atoms with Crippen molar-refractivity contribution in [1.29, 1.82) is 0 Å². The largest absolute Gasteiger partial charge is 0.467 e. The number of carbonyl (C=O) groups is 2. The molecule has 3 heterocycles. The summed E-state index contributed by atoms with van der Waals surface area (Å²) in [6.45, 7) is 4.91. The zero-order valence-electron chi connectivity index (χ0n) is 13.2. The van der Waals surface area contributed by atoms with E-state index in [1.807, 2.05) is 17.0 Å². The molecule has 2 unspecified atom stereocenters. The lowest BCUT2D eigenvalue weighted by Gasteiger charge is -2.24. The van der Waals surface area contributed by atoms with E-state index in [2.05, 4.69) is 6.92 Å². The van der Waals surface area contributed by atoms with Gasteiger partial charge in [0.15, 0.2) is 0 Å². The molecule has 5 nitrogen and oxygen atoms in total. The van der Waals surface area contributed by atoms with E-state index in [0.717, 1.165) is 31.7 Å². The molecule has 2 aliphatic heterocycles. The Morgan fingerprint density at radius 3 is 3.00 bits per heavy atom. The smallest absolute Gasteiger partial charge is 0.227 e. The van der Waals surface area contributed by atoms with Gasteiger partial charge < -0.3 is 14.2 Å². The Morgan fingerprint density at radius 1 is 1.36 bits per heavy atom. The van der Waals surface area contributed by atoms with Crippen LogP contribution in [0, 0.1) is 11.8 Å². The molecule has 1 aromatic heterocycles. The minimum Gasteiger partial charge on any atom is -0.467 e. The van der Waals surface area contributed by atoms with E-state index in [1.165, 1.54) is 6.42 Å². The number of hydrogen-bond donors (Lipinski definition) is 0. The predicted molar refractivity (Wildman–Crippen MR) is 81.8 cm³/mol. The van der Waals surface area contributed by atoms with Crippen LogP contribution in [0.5, 0.6) is 0 Å². The number of nitrogens with zero attached hydrogens (tertiary/aromatic N) is 2. The van der Waals surface area contributed by atoms with Gasteiger partial charge in [0.05, 0.1) is 18.7 Å².